The van der Waals surface area contributed by atoms with Gasteiger partial charge in [-0.1, -0.05) is 18.2 Å². The molecule has 0 spiro atoms. The minimum Gasteiger partial charge on any atom is -0.406 e. The van der Waals surface area contributed by atoms with Crippen LogP contribution in [0.2, 0.25) is 0 Å². The van der Waals surface area contributed by atoms with Gasteiger partial charge in [0.05, 0.1) is 15.4 Å². The van der Waals surface area contributed by atoms with Gasteiger partial charge in [0.2, 0.25) is 0 Å². The normalized spacial score (nSPS) is 12.2. The number of nitrogens with two attached hydrogens (primary N) is 1. The van der Waals surface area contributed by atoms with Crippen LogP contribution in [-0.4, -0.2) is 11.3 Å². The van der Waals surface area contributed by atoms with Crippen LogP contribution in [0, 0.1) is 10.1 Å². The zero-order valence-corrected chi connectivity index (χ0v) is 14.2. The molecule has 0 saturated heterocycles. The number of rotatable bonds is 4. The van der Waals surface area contributed by atoms with E-state index in [0.29, 0.717) is 15.6 Å². The lowest BCUT2D eigenvalue weighted by Crippen LogP contribution is -2.17. The van der Waals surface area contributed by atoms with E-state index in [4.69, 9.17) is 5.73 Å². The molecule has 0 aliphatic carbocycles. The average molecular weight is 428 g/mol. The topological polar surface area (TPSA) is 78.4 Å². The predicted molar refractivity (Wildman–Crippen MR) is 87.2 cm³/mol. The molecule has 0 radical (unpaired) electrons. The molecule has 10 heteroatoms. The molecule has 0 aliphatic heterocycles. The van der Waals surface area contributed by atoms with Gasteiger partial charge in [0.1, 0.15) is 5.75 Å². The van der Waals surface area contributed by atoms with E-state index in [0.717, 1.165) is 12.1 Å². The molecule has 1 atom stereocenters. The SMILES string of the molecule is Cl.N[C@@H](c1ccc(OC(F)(F)F)cc1)c1ccc(Br)c([N+](=O)[O-])c1. The highest BCUT2D eigenvalue weighted by Gasteiger charge is 2.31. The summed E-state index contributed by atoms with van der Waals surface area (Å²) in [6, 6.07) is 8.71. The summed E-state index contributed by atoms with van der Waals surface area (Å²) in [7, 11) is 0. The first-order valence-electron chi connectivity index (χ1n) is 6.22. The second kappa shape index (κ2) is 7.82. The van der Waals surface area contributed by atoms with Gasteiger partial charge in [-0.3, -0.25) is 10.1 Å². The van der Waals surface area contributed by atoms with Gasteiger partial charge in [0.15, 0.2) is 0 Å². The summed E-state index contributed by atoms with van der Waals surface area (Å²) in [4.78, 5) is 10.4. The van der Waals surface area contributed by atoms with Crippen LogP contribution >= 0.6 is 28.3 Å². The zero-order valence-electron chi connectivity index (χ0n) is 11.8. The fourth-order valence-corrected chi connectivity index (χ4v) is 2.32. The van der Waals surface area contributed by atoms with Gasteiger partial charge < -0.3 is 10.5 Å². The quantitative estimate of drug-likeness (QED) is 0.565. The van der Waals surface area contributed by atoms with Crippen LogP contribution in [0.5, 0.6) is 5.75 Å². The summed E-state index contributed by atoms with van der Waals surface area (Å²) < 4.78 is 40.4. The third-order valence-electron chi connectivity index (χ3n) is 3.00. The van der Waals surface area contributed by atoms with Crippen LogP contribution in [0.3, 0.4) is 0 Å². The number of ether oxygens (including phenoxy) is 1. The number of benzene rings is 2. The average Bonchev–Trinajstić information content (AvgIpc) is 2.46. The van der Waals surface area contributed by atoms with Crippen molar-refractivity contribution in [3.63, 3.8) is 0 Å². The molecule has 0 unspecified atom stereocenters. The highest BCUT2D eigenvalue weighted by molar-refractivity contribution is 9.10. The Morgan fingerprint density at radius 1 is 1.12 bits per heavy atom. The minimum atomic E-state index is -4.77. The van der Waals surface area contributed by atoms with E-state index >= 15 is 0 Å². The van der Waals surface area contributed by atoms with Crippen LogP contribution in [0.4, 0.5) is 18.9 Å². The van der Waals surface area contributed by atoms with Crippen LogP contribution < -0.4 is 10.5 Å². The first-order chi connectivity index (χ1) is 10.7. The zero-order chi connectivity index (χ0) is 17.2. The maximum absolute atomic E-state index is 12.1. The molecule has 2 N–H and O–H groups in total. The van der Waals surface area contributed by atoms with Crippen molar-refractivity contribution in [3.05, 3.63) is 68.2 Å². The molecule has 0 amide bonds. The molecule has 0 aliphatic rings. The van der Waals surface area contributed by atoms with Gasteiger partial charge in [-0.15, -0.1) is 25.6 Å². The fraction of sp³-hybridized carbons (Fsp3) is 0.143. The van der Waals surface area contributed by atoms with Crippen LogP contribution in [-0.2, 0) is 0 Å². The first kappa shape index (κ1) is 20.2. The maximum atomic E-state index is 12.1. The predicted octanol–water partition coefficient (Wildman–Crippen LogP) is 4.73. The van der Waals surface area contributed by atoms with E-state index in [9.17, 15) is 23.3 Å². The Hall–Kier alpha value is -1.84. The van der Waals surface area contributed by atoms with E-state index in [1.54, 1.807) is 6.07 Å². The van der Waals surface area contributed by atoms with Crippen molar-refractivity contribution in [2.45, 2.75) is 12.4 Å². The maximum Gasteiger partial charge on any atom is 0.573 e. The second-order valence-electron chi connectivity index (χ2n) is 4.56. The first-order valence-corrected chi connectivity index (χ1v) is 7.02. The van der Waals surface area contributed by atoms with Crippen LogP contribution in [0.1, 0.15) is 17.2 Å². The number of nitrogens with zero attached hydrogens (tertiary/aromatic N) is 1. The third kappa shape index (κ3) is 5.08. The molecule has 2 aromatic rings. The Labute approximate surface area is 149 Å². The standard InChI is InChI=1S/C14H10BrF3N2O3.ClH/c15-11-6-3-9(7-12(11)20(21)22)13(19)8-1-4-10(5-2-8)23-14(16,17)18;/h1-7,13H,19H2;1H/t13-;/m0./s1. The Balaban J connectivity index is 0.00000288. The Kier molecular flexibility index (Phi) is 6.58. The van der Waals surface area contributed by atoms with Crippen molar-refractivity contribution >= 4 is 34.0 Å². The van der Waals surface area contributed by atoms with E-state index in [-0.39, 0.29) is 23.8 Å². The van der Waals surface area contributed by atoms with Crippen molar-refractivity contribution in [1.29, 1.82) is 0 Å². The summed E-state index contributed by atoms with van der Waals surface area (Å²) in [5, 5.41) is 10.9. The van der Waals surface area contributed by atoms with Crippen molar-refractivity contribution in [3.8, 4) is 5.75 Å². The second-order valence-corrected chi connectivity index (χ2v) is 5.42. The van der Waals surface area contributed by atoms with Gasteiger partial charge in [0.25, 0.3) is 5.69 Å². The molecule has 0 saturated carbocycles. The Bertz CT molecular complexity index is 726. The molecule has 130 valence electrons. The van der Waals surface area contributed by atoms with Crippen LogP contribution in [0.15, 0.2) is 46.9 Å². The summed E-state index contributed by atoms with van der Waals surface area (Å²) in [6.45, 7) is 0. The van der Waals surface area contributed by atoms with Crippen molar-refractivity contribution < 1.29 is 22.8 Å². The van der Waals surface area contributed by atoms with Gasteiger partial charge >= 0.3 is 6.36 Å². The number of alkyl halides is 3. The molecule has 0 fully saturated rings. The summed E-state index contributed by atoms with van der Waals surface area (Å²) in [5.74, 6) is -0.366. The molecule has 2 aromatic carbocycles. The van der Waals surface area contributed by atoms with Gasteiger partial charge in [-0.25, -0.2) is 0 Å². The molecular weight excluding hydrogens is 417 g/mol. The smallest absolute Gasteiger partial charge is 0.406 e. The van der Waals surface area contributed by atoms with E-state index in [1.165, 1.54) is 24.3 Å². The molecule has 0 bridgehead atoms. The third-order valence-corrected chi connectivity index (χ3v) is 3.67. The summed E-state index contributed by atoms with van der Waals surface area (Å²) >= 11 is 3.07. The van der Waals surface area contributed by atoms with E-state index < -0.39 is 17.3 Å². The highest BCUT2D eigenvalue weighted by atomic mass is 79.9. The molecule has 5 nitrogen and oxygen atoms in total. The fourth-order valence-electron chi connectivity index (χ4n) is 1.93. The molecular formula is C14H11BrClF3N2O3. The van der Waals surface area contributed by atoms with Crippen molar-refractivity contribution in [1.82, 2.24) is 0 Å². The monoisotopic (exact) mass is 426 g/mol. The number of nitro benzene ring substituents is 1. The molecule has 2 rings (SSSR count). The summed E-state index contributed by atoms with van der Waals surface area (Å²) in [5.41, 5.74) is 6.83. The lowest BCUT2D eigenvalue weighted by Gasteiger charge is -2.14. The molecule has 0 aromatic heterocycles. The highest BCUT2D eigenvalue weighted by Crippen LogP contribution is 2.30. The van der Waals surface area contributed by atoms with Crippen molar-refractivity contribution in [2.24, 2.45) is 5.73 Å². The van der Waals surface area contributed by atoms with Gasteiger partial charge in [0, 0.05) is 6.07 Å². The number of hydrogen-bond donors (Lipinski definition) is 1. The number of nitro groups is 1. The molecule has 24 heavy (non-hydrogen) atoms. The summed E-state index contributed by atoms with van der Waals surface area (Å²) in [6.07, 6.45) is -4.77. The van der Waals surface area contributed by atoms with E-state index in [1.807, 2.05) is 0 Å². The lowest BCUT2D eigenvalue weighted by atomic mass is 9.99. The largest absolute Gasteiger partial charge is 0.573 e. The Morgan fingerprint density at radius 2 is 1.67 bits per heavy atom. The number of halogens is 5. The van der Waals surface area contributed by atoms with E-state index in [2.05, 4.69) is 20.7 Å². The minimum absolute atomic E-state index is 0. The Morgan fingerprint density at radius 3 is 2.17 bits per heavy atom. The van der Waals surface area contributed by atoms with Crippen LogP contribution in [0.25, 0.3) is 0 Å². The van der Waals surface area contributed by atoms with Gasteiger partial charge in [-0.05, 0) is 45.3 Å². The van der Waals surface area contributed by atoms with Gasteiger partial charge in [-0.2, -0.15) is 0 Å². The molecule has 0 heterocycles. The number of hydrogen-bond acceptors (Lipinski definition) is 4. The van der Waals surface area contributed by atoms with Crippen molar-refractivity contribution in [2.75, 3.05) is 0 Å². The lowest BCUT2D eigenvalue weighted by molar-refractivity contribution is -0.385.